The summed E-state index contributed by atoms with van der Waals surface area (Å²) in [5, 5.41) is 0. The molecule has 1 fully saturated rings. The summed E-state index contributed by atoms with van der Waals surface area (Å²) >= 11 is 3.52. The summed E-state index contributed by atoms with van der Waals surface area (Å²) in [6.45, 7) is 4.42. The maximum Gasteiger partial charge on any atom is 0.100 e. The van der Waals surface area contributed by atoms with Gasteiger partial charge in [-0.25, -0.2) is 0 Å². The number of hydrogen-bond acceptors (Lipinski definition) is 2. The molecule has 1 aliphatic carbocycles. The number of rotatable bonds is 5. The average molecular weight is 349 g/mol. The van der Waals surface area contributed by atoms with Crippen molar-refractivity contribution in [1.29, 1.82) is 0 Å². The van der Waals surface area contributed by atoms with Crippen molar-refractivity contribution in [3.63, 3.8) is 0 Å². The van der Waals surface area contributed by atoms with Crippen LogP contribution < -0.4 is 0 Å². The van der Waals surface area contributed by atoms with E-state index < -0.39 is 0 Å². The van der Waals surface area contributed by atoms with Crippen LogP contribution in [0.15, 0.2) is 33.7 Å². The molecule has 0 aromatic heterocycles. The first-order chi connectivity index (χ1) is 10.2. The Hall–Kier alpha value is -0.830. The normalized spacial score (nSPS) is 20.3. The van der Waals surface area contributed by atoms with Crippen LogP contribution in [0.3, 0.4) is 0 Å². The van der Waals surface area contributed by atoms with E-state index in [1.54, 1.807) is 0 Å². The van der Waals surface area contributed by atoms with Crippen LogP contribution in [0.4, 0.5) is 0 Å². The second kappa shape index (κ2) is 6.51. The van der Waals surface area contributed by atoms with Crippen LogP contribution in [0, 0.1) is 0 Å². The Balaban J connectivity index is 1.73. The van der Waals surface area contributed by atoms with Crippen LogP contribution >= 0.6 is 15.9 Å². The Bertz CT molecular complexity index is 500. The molecular weight excluding hydrogens is 324 g/mol. The summed E-state index contributed by atoms with van der Waals surface area (Å²) in [4.78, 5) is 7.73. The van der Waals surface area contributed by atoms with Gasteiger partial charge in [0.1, 0.15) is 5.84 Å². The summed E-state index contributed by atoms with van der Waals surface area (Å²) in [6, 6.07) is 8.72. The van der Waals surface area contributed by atoms with Gasteiger partial charge in [-0.1, -0.05) is 54.2 Å². The first-order valence-corrected chi connectivity index (χ1v) is 9.08. The van der Waals surface area contributed by atoms with Crippen LogP contribution in [0.2, 0.25) is 0 Å². The number of aliphatic imine (C=N–C) groups is 1. The number of hydrogen-bond donors (Lipinski definition) is 0. The van der Waals surface area contributed by atoms with E-state index >= 15 is 0 Å². The van der Waals surface area contributed by atoms with Crippen LogP contribution in [-0.4, -0.2) is 22.8 Å². The highest BCUT2D eigenvalue weighted by molar-refractivity contribution is 9.10. The van der Waals surface area contributed by atoms with Crippen molar-refractivity contribution in [1.82, 2.24) is 4.90 Å². The molecule has 0 N–H and O–H groups in total. The molecule has 0 unspecified atom stereocenters. The van der Waals surface area contributed by atoms with Crippen molar-refractivity contribution in [3.8, 4) is 0 Å². The number of unbranched alkanes of at least 4 members (excludes halogenated alkanes) is 1. The molecule has 0 bridgehead atoms. The van der Waals surface area contributed by atoms with Crippen molar-refractivity contribution >= 4 is 21.8 Å². The van der Waals surface area contributed by atoms with Gasteiger partial charge in [0.25, 0.3) is 0 Å². The molecule has 1 aliphatic heterocycles. The molecule has 2 nitrogen and oxygen atoms in total. The second-order valence-electron chi connectivity index (χ2n) is 6.55. The van der Waals surface area contributed by atoms with E-state index in [1.807, 2.05) is 0 Å². The minimum Gasteiger partial charge on any atom is -0.354 e. The third-order valence-corrected chi connectivity index (χ3v) is 5.32. The molecule has 0 atom stereocenters. The summed E-state index contributed by atoms with van der Waals surface area (Å²) in [5.41, 5.74) is 1.65. The molecule has 0 radical (unpaired) electrons. The molecule has 2 aliphatic rings. The van der Waals surface area contributed by atoms with Gasteiger partial charge in [0, 0.05) is 24.0 Å². The minimum absolute atomic E-state index is 0.262. The van der Waals surface area contributed by atoms with Gasteiger partial charge in [-0.3, -0.25) is 4.99 Å². The van der Waals surface area contributed by atoms with Crippen LogP contribution in [0.25, 0.3) is 0 Å². The van der Waals surface area contributed by atoms with E-state index in [1.165, 1.54) is 49.9 Å². The molecule has 21 heavy (non-hydrogen) atoms. The van der Waals surface area contributed by atoms with Gasteiger partial charge in [-0.2, -0.15) is 0 Å². The third-order valence-electron chi connectivity index (χ3n) is 4.79. The maximum absolute atomic E-state index is 5.19. The second-order valence-corrected chi connectivity index (χ2v) is 7.46. The van der Waals surface area contributed by atoms with E-state index in [0.29, 0.717) is 0 Å². The molecule has 1 aromatic carbocycles. The third kappa shape index (κ3) is 3.50. The van der Waals surface area contributed by atoms with Gasteiger partial charge >= 0.3 is 0 Å². The van der Waals surface area contributed by atoms with Crippen LogP contribution in [0.1, 0.15) is 57.4 Å². The van der Waals surface area contributed by atoms with Gasteiger partial charge in [-0.05, 0) is 37.0 Å². The number of halogens is 1. The fraction of sp³-hybridized carbons (Fsp3) is 0.611. The van der Waals surface area contributed by atoms with Crippen molar-refractivity contribution in [2.75, 3.05) is 6.54 Å². The Morgan fingerprint density at radius 2 is 1.90 bits per heavy atom. The predicted molar refractivity (Wildman–Crippen MR) is 92.7 cm³/mol. The zero-order chi connectivity index (χ0) is 14.7. The number of benzene rings is 1. The topological polar surface area (TPSA) is 15.6 Å². The lowest BCUT2D eigenvalue weighted by atomic mass is 9.99. The lowest BCUT2D eigenvalue weighted by Crippen LogP contribution is -2.33. The molecular formula is C18H25BrN2. The first kappa shape index (κ1) is 15.1. The van der Waals surface area contributed by atoms with Crippen molar-refractivity contribution < 1.29 is 0 Å². The lowest BCUT2D eigenvalue weighted by molar-refractivity contribution is 0.336. The monoisotopic (exact) mass is 348 g/mol. The number of amidine groups is 1. The highest BCUT2D eigenvalue weighted by Gasteiger charge is 2.40. The van der Waals surface area contributed by atoms with E-state index in [9.17, 15) is 0 Å². The van der Waals surface area contributed by atoms with Gasteiger partial charge < -0.3 is 4.90 Å². The standard InChI is InChI=1S/C18H25BrN2/c1-2-3-6-17-20-18(11-4-5-12-18)14-21(17)13-15-7-9-16(19)10-8-15/h7-10H,2-6,11-14H2,1H3. The maximum atomic E-state index is 5.19. The highest BCUT2D eigenvalue weighted by atomic mass is 79.9. The van der Waals surface area contributed by atoms with Crippen LogP contribution in [0.5, 0.6) is 0 Å². The lowest BCUT2D eigenvalue weighted by Gasteiger charge is -2.24. The zero-order valence-electron chi connectivity index (χ0n) is 12.9. The Morgan fingerprint density at radius 3 is 2.57 bits per heavy atom. The SMILES string of the molecule is CCCCC1=NC2(CCCC2)CN1Cc1ccc(Br)cc1. The van der Waals surface area contributed by atoms with Crippen molar-refractivity contribution in [3.05, 3.63) is 34.3 Å². The molecule has 1 heterocycles. The molecule has 1 aromatic rings. The smallest absolute Gasteiger partial charge is 0.100 e. The van der Waals surface area contributed by atoms with Crippen molar-refractivity contribution in [2.45, 2.75) is 64.0 Å². The fourth-order valence-corrected chi connectivity index (χ4v) is 3.90. The molecule has 0 saturated heterocycles. The van der Waals surface area contributed by atoms with E-state index in [2.05, 4.69) is 52.0 Å². The molecule has 3 rings (SSSR count). The predicted octanol–water partition coefficient (Wildman–Crippen LogP) is 5.17. The van der Waals surface area contributed by atoms with Gasteiger partial charge in [0.05, 0.1) is 5.54 Å². The number of nitrogens with zero attached hydrogens (tertiary/aromatic N) is 2. The Labute approximate surface area is 136 Å². The Morgan fingerprint density at radius 1 is 1.19 bits per heavy atom. The van der Waals surface area contributed by atoms with Crippen molar-refractivity contribution in [2.24, 2.45) is 4.99 Å². The largest absolute Gasteiger partial charge is 0.354 e. The average Bonchev–Trinajstić information content (AvgIpc) is 3.07. The summed E-state index contributed by atoms with van der Waals surface area (Å²) < 4.78 is 1.15. The zero-order valence-corrected chi connectivity index (χ0v) is 14.5. The first-order valence-electron chi connectivity index (χ1n) is 8.29. The van der Waals surface area contributed by atoms with Gasteiger partial charge in [0.2, 0.25) is 0 Å². The summed E-state index contributed by atoms with van der Waals surface area (Å²) in [6.07, 6.45) is 8.95. The molecule has 3 heteroatoms. The van der Waals surface area contributed by atoms with E-state index in [-0.39, 0.29) is 5.54 Å². The quantitative estimate of drug-likeness (QED) is 0.716. The van der Waals surface area contributed by atoms with E-state index in [4.69, 9.17) is 4.99 Å². The summed E-state index contributed by atoms with van der Waals surface area (Å²) in [7, 11) is 0. The fourth-order valence-electron chi connectivity index (χ4n) is 3.64. The molecule has 114 valence electrons. The molecule has 1 spiro atoms. The van der Waals surface area contributed by atoms with Gasteiger partial charge in [-0.15, -0.1) is 0 Å². The molecule has 0 amide bonds. The molecule has 1 saturated carbocycles. The van der Waals surface area contributed by atoms with Crippen LogP contribution in [-0.2, 0) is 6.54 Å². The highest BCUT2D eigenvalue weighted by Crippen LogP contribution is 2.38. The van der Waals surface area contributed by atoms with E-state index in [0.717, 1.165) is 24.0 Å². The Kier molecular flexibility index (Phi) is 4.68. The minimum atomic E-state index is 0.262. The summed E-state index contributed by atoms with van der Waals surface area (Å²) in [5.74, 6) is 1.36. The van der Waals surface area contributed by atoms with Gasteiger partial charge in [0.15, 0.2) is 0 Å².